The van der Waals surface area contributed by atoms with E-state index in [0.29, 0.717) is 5.69 Å². The van der Waals surface area contributed by atoms with Crippen LogP contribution in [0.4, 0.5) is 17.1 Å². The van der Waals surface area contributed by atoms with Crippen LogP contribution in [0.2, 0.25) is 0 Å². The minimum absolute atomic E-state index is 0.0300. The third-order valence-corrected chi connectivity index (χ3v) is 5.46. The minimum Gasteiger partial charge on any atom is -0.258 e. The van der Waals surface area contributed by atoms with Crippen LogP contribution in [0.5, 0.6) is 0 Å². The quantitative estimate of drug-likeness (QED) is 0.191. The number of pyridine rings is 1. The number of nitrogens with zero attached hydrogens (tertiary/aromatic N) is 4. The Balaban J connectivity index is 1.90. The van der Waals surface area contributed by atoms with Gasteiger partial charge in [-0.3, -0.25) is 15.1 Å². The van der Waals surface area contributed by atoms with Crippen molar-refractivity contribution >= 4 is 17.1 Å². The molecule has 0 spiro atoms. The first-order valence-electron chi connectivity index (χ1n) is 10.4. The SMILES string of the molecule is Cc1cc(C)c2c(N=Nc3ccc([N+](=O)[O-])cc3)cc(-c3cc(C)nc(C)c3)c-2c(C)c1. The fourth-order valence-electron chi connectivity index (χ4n) is 4.27. The van der Waals surface area contributed by atoms with Gasteiger partial charge in [-0.25, -0.2) is 0 Å². The lowest BCUT2D eigenvalue weighted by atomic mass is 9.97. The molecule has 2 aromatic rings. The van der Waals surface area contributed by atoms with Gasteiger partial charge in [0.25, 0.3) is 5.69 Å². The zero-order valence-corrected chi connectivity index (χ0v) is 18.8. The summed E-state index contributed by atoms with van der Waals surface area (Å²) < 4.78 is 0. The fraction of sp³-hybridized carbons (Fsp3) is 0.192. The average molecular weight is 425 g/mol. The normalized spacial score (nSPS) is 11.4. The molecule has 6 heteroatoms. The highest BCUT2D eigenvalue weighted by atomic mass is 16.6. The molecule has 6 nitrogen and oxygen atoms in total. The van der Waals surface area contributed by atoms with Crippen LogP contribution in [0.15, 0.2) is 64.8 Å². The number of non-ortho nitro benzene ring substituents is 1. The smallest absolute Gasteiger partial charge is 0.258 e. The zero-order chi connectivity index (χ0) is 23.0. The molecule has 1 aromatic carbocycles. The number of rotatable bonds is 4. The highest BCUT2D eigenvalue weighted by Gasteiger charge is 2.21. The van der Waals surface area contributed by atoms with Gasteiger partial charge in [-0.1, -0.05) is 17.7 Å². The van der Waals surface area contributed by atoms with Crippen LogP contribution in [0, 0.1) is 44.7 Å². The Morgan fingerprint density at radius 2 is 1.38 bits per heavy atom. The predicted octanol–water partition coefficient (Wildman–Crippen LogP) is 7.72. The van der Waals surface area contributed by atoms with E-state index in [1.54, 1.807) is 12.1 Å². The number of fused-ring (bicyclic) bond motifs is 1. The van der Waals surface area contributed by atoms with Gasteiger partial charge in [0.05, 0.1) is 16.3 Å². The summed E-state index contributed by atoms with van der Waals surface area (Å²) in [4.78, 5) is 15.0. The first-order valence-corrected chi connectivity index (χ1v) is 10.4. The van der Waals surface area contributed by atoms with Gasteiger partial charge in [0, 0.05) is 29.1 Å². The monoisotopic (exact) mass is 424 g/mol. The summed E-state index contributed by atoms with van der Waals surface area (Å²) in [5, 5.41) is 19.8. The molecule has 0 amide bonds. The highest BCUT2D eigenvalue weighted by molar-refractivity contribution is 5.97. The van der Waals surface area contributed by atoms with Gasteiger partial charge in [0.1, 0.15) is 0 Å². The number of nitro benzene ring substituents is 1. The molecular formula is C26H24N4O2. The van der Waals surface area contributed by atoms with E-state index in [1.807, 2.05) is 13.8 Å². The Labute approximate surface area is 187 Å². The number of benzene rings is 1. The molecule has 0 N–H and O–H groups in total. The molecule has 2 aliphatic rings. The first kappa shape index (κ1) is 21.3. The molecule has 4 rings (SSSR count). The number of aromatic nitrogens is 1. The number of hydrogen-bond donors (Lipinski definition) is 0. The average Bonchev–Trinajstić information content (AvgIpc) is 3.06. The molecule has 0 radical (unpaired) electrons. The van der Waals surface area contributed by atoms with Crippen LogP contribution in [0.25, 0.3) is 22.3 Å². The molecule has 1 heterocycles. The fourth-order valence-corrected chi connectivity index (χ4v) is 4.27. The molecule has 0 unspecified atom stereocenters. The molecule has 0 saturated heterocycles. The summed E-state index contributed by atoms with van der Waals surface area (Å²) in [5.41, 5.74) is 11.2. The third-order valence-electron chi connectivity index (χ3n) is 5.46. The van der Waals surface area contributed by atoms with Crippen molar-refractivity contribution in [3.8, 4) is 22.3 Å². The summed E-state index contributed by atoms with van der Waals surface area (Å²) in [6.07, 6.45) is 0. The molecule has 0 bridgehead atoms. The number of azo groups is 1. The highest BCUT2D eigenvalue weighted by Crippen LogP contribution is 2.47. The topological polar surface area (TPSA) is 80.8 Å². The van der Waals surface area contributed by atoms with Gasteiger partial charge in [-0.15, -0.1) is 5.11 Å². The van der Waals surface area contributed by atoms with Crippen molar-refractivity contribution in [2.24, 2.45) is 10.2 Å². The molecule has 0 atom stereocenters. The Kier molecular flexibility index (Phi) is 5.53. The lowest BCUT2D eigenvalue weighted by molar-refractivity contribution is -0.384. The Hall–Kier alpha value is -3.93. The Morgan fingerprint density at radius 3 is 1.97 bits per heavy atom. The Morgan fingerprint density at radius 1 is 0.781 bits per heavy atom. The molecular weight excluding hydrogens is 400 g/mol. The third kappa shape index (κ3) is 4.12. The van der Waals surface area contributed by atoms with Gasteiger partial charge >= 0.3 is 0 Å². The first-order chi connectivity index (χ1) is 15.2. The van der Waals surface area contributed by atoms with Crippen LogP contribution >= 0.6 is 0 Å². The van der Waals surface area contributed by atoms with Gasteiger partial charge in [-0.05, 0) is 92.8 Å². The lowest BCUT2D eigenvalue weighted by Gasteiger charge is -2.08. The molecule has 0 fully saturated rings. The van der Waals surface area contributed by atoms with E-state index in [2.05, 4.69) is 66.3 Å². The van der Waals surface area contributed by atoms with Crippen LogP contribution < -0.4 is 0 Å². The van der Waals surface area contributed by atoms with E-state index in [-0.39, 0.29) is 5.69 Å². The summed E-state index contributed by atoms with van der Waals surface area (Å²) >= 11 is 0. The van der Waals surface area contributed by atoms with Crippen molar-refractivity contribution < 1.29 is 4.92 Å². The molecule has 0 saturated carbocycles. The van der Waals surface area contributed by atoms with E-state index >= 15 is 0 Å². The second kappa shape index (κ2) is 8.30. The van der Waals surface area contributed by atoms with E-state index in [4.69, 9.17) is 0 Å². The summed E-state index contributed by atoms with van der Waals surface area (Å²) in [7, 11) is 0. The molecule has 160 valence electrons. The maximum atomic E-state index is 10.9. The summed E-state index contributed by atoms with van der Waals surface area (Å²) in [6.45, 7) is 10.3. The molecule has 32 heavy (non-hydrogen) atoms. The number of nitro groups is 1. The van der Waals surface area contributed by atoms with E-state index in [0.717, 1.165) is 44.9 Å². The second-order valence-corrected chi connectivity index (χ2v) is 8.20. The van der Waals surface area contributed by atoms with Crippen LogP contribution in [0.3, 0.4) is 0 Å². The van der Waals surface area contributed by atoms with Crippen molar-refractivity contribution in [2.45, 2.75) is 34.6 Å². The van der Waals surface area contributed by atoms with Crippen molar-refractivity contribution in [3.05, 3.63) is 92.8 Å². The maximum absolute atomic E-state index is 10.9. The molecule has 1 aromatic heterocycles. The number of aryl methyl sites for hydroxylation is 5. The summed E-state index contributed by atoms with van der Waals surface area (Å²) in [6, 6.07) is 16.7. The standard InChI is InChI=1S/C26H24N4O2/c1-15-10-16(2)25-23(20-12-18(4)27-19(5)13-20)14-24(26(25)17(3)11-15)29-28-21-6-8-22(9-7-21)30(31)32/h6-14H,1-5H3. The van der Waals surface area contributed by atoms with E-state index in [1.165, 1.54) is 23.3 Å². The van der Waals surface area contributed by atoms with Gasteiger partial charge in [-0.2, -0.15) is 5.11 Å². The van der Waals surface area contributed by atoms with Crippen molar-refractivity contribution in [1.29, 1.82) is 0 Å². The molecule has 0 aliphatic heterocycles. The maximum Gasteiger partial charge on any atom is 0.269 e. The predicted molar refractivity (Wildman–Crippen MR) is 127 cm³/mol. The lowest BCUT2D eigenvalue weighted by Crippen LogP contribution is -1.89. The zero-order valence-electron chi connectivity index (χ0n) is 18.8. The van der Waals surface area contributed by atoms with Gasteiger partial charge < -0.3 is 0 Å². The van der Waals surface area contributed by atoms with Gasteiger partial charge in [0.15, 0.2) is 0 Å². The van der Waals surface area contributed by atoms with Crippen molar-refractivity contribution in [3.63, 3.8) is 0 Å². The minimum atomic E-state index is -0.426. The Bertz CT molecular complexity index is 1320. The van der Waals surface area contributed by atoms with Crippen molar-refractivity contribution in [2.75, 3.05) is 0 Å². The van der Waals surface area contributed by atoms with Crippen LogP contribution in [-0.2, 0) is 0 Å². The van der Waals surface area contributed by atoms with E-state index < -0.39 is 4.92 Å². The van der Waals surface area contributed by atoms with Crippen LogP contribution in [0.1, 0.15) is 28.1 Å². The van der Waals surface area contributed by atoms with Gasteiger partial charge in [0.2, 0.25) is 0 Å². The van der Waals surface area contributed by atoms with Crippen molar-refractivity contribution in [1.82, 2.24) is 4.98 Å². The number of hydrogen-bond acceptors (Lipinski definition) is 5. The largest absolute Gasteiger partial charge is 0.269 e. The molecule has 2 aliphatic carbocycles. The van der Waals surface area contributed by atoms with E-state index in [9.17, 15) is 10.1 Å². The summed E-state index contributed by atoms with van der Waals surface area (Å²) in [5.74, 6) is 0. The van der Waals surface area contributed by atoms with Crippen LogP contribution in [-0.4, -0.2) is 9.91 Å². The second-order valence-electron chi connectivity index (χ2n) is 8.20.